The quantitative estimate of drug-likeness (QED) is 0.676. The molecule has 0 aliphatic heterocycles. The molecule has 2 N–H and O–H groups in total. The molecule has 0 radical (unpaired) electrons. The highest BCUT2D eigenvalue weighted by atomic mass is 16.2. The van der Waals surface area contributed by atoms with E-state index in [4.69, 9.17) is 0 Å². The van der Waals surface area contributed by atoms with Gasteiger partial charge in [0.2, 0.25) is 0 Å². The number of urea groups is 1. The molecular formula is C10H20N2O. The van der Waals surface area contributed by atoms with Gasteiger partial charge in [-0.3, -0.25) is 0 Å². The zero-order valence-electron chi connectivity index (χ0n) is 8.60. The van der Waals surface area contributed by atoms with Gasteiger partial charge < -0.3 is 10.6 Å². The maximum atomic E-state index is 11.1. The molecule has 3 heteroatoms. The summed E-state index contributed by atoms with van der Waals surface area (Å²) < 4.78 is 0. The molecule has 1 aliphatic carbocycles. The van der Waals surface area contributed by atoms with Crippen LogP contribution in [-0.2, 0) is 0 Å². The van der Waals surface area contributed by atoms with Crippen LogP contribution in [0.1, 0.15) is 39.0 Å². The highest BCUT2D eigenvalue weighted by Gasteiger charge is 2.21. The van der Waals surface area contributed by atoms with Gasteiger partial charge in [-0.05, 0) is 18.8 Å². The lowest BCUT2D eigenvalue weighted by Gasteiger charge is -2.28. The topological polar surface area (TPSA) is 41.1 Å². The molecule has 0 aromatic heterocycles. The number of carbonyl (C=O) groups excluding carboxylic acids is 1. The number of amides is 2. The molecule has 2 amide bonds. The van der Waals surface area contributed by atoms with Crippen molar-refractivity contribution in [1.29, 1.82) is 0 Å². The van der Waals surface area contributed by atoms with Crippen molar-refractivity contribution in [2.24, 2.45) is 5.92 Å². The lowest BCUT2D eigenvalue weighted by Crippen LogP contribution is -2.42. The van der Waals surface area contributed by atoms with Gasteiger partial charge >= 0.3 is 6.03 Å². The predicted octanol–water partition coefficient (Wildman–Crippen LogP) is 1.88. The Morgan fingerprint density at radius 1 is 1.46 bits per heavy atom. The Hall–Kier alpha value is -0.730. The van der Waals surface area contributed by atoms with Crippen molar-refractivity contribution in [3.8, 4) is 0 Å². The molecule has 0 spiro atoms. The molecule has 1 rings (SSSR count). The molecule has 3 nitrogen and oxygen atoms in total. The van der Waals surface area contributed by atoms with E-state index in [9.17, 15) is 4.79 Å². The van der Waals surface area contributed by atoms with Crippen LogP contribution < -0.4 is 10.6 Å². The second kappa shape index (κ2) is 5.10. The van der Waals surface area contributed by atoms with Crippen LogP contribution in [0.25, 0.3) is 0 Å². The molecule has 0 saturated heterocycles. The monoisotopic (exact) mass is 184 g/mol. The van der Waals surface area contributed by atoms with Crippen molar-refractivity contribution < 1.29 is 4.79 Å². The Balaban J connectivity index is 2.29. The first-order valence-electron chi connectivity index (χ1n) is 5.24. The molecule has 0 heterocycles. The van der Waals surface area contributed by atoms with Gasteiger partial charge in [-0.2, -0.15) is 0 Å². The summed E-state index contributed by atoms with van der Waals surface area (Å²) >= 11 is 0. The van der Waals surface area contributed by atoms with Crippen LogP contribution >= 0.6 is 0 Å². The third kappa shape index (κ3) is 3.25. The summed E-state index contributed by atoms with van der Waals surface area (Å²) in [6.07, 6.45) is 6.13. The molecule has 0 unspecified atom stereocenters. The largest absolute Gasteiger partial charge is 0.341 e. The van der Waals surface area contributed by atoms with Crippen LogP contribution in [0.3, 0.4) is 0 Å². The van der Waals surface area contributed by atoms with Crippen LogP contribution in [-0.4, -0.2) is 19.1 Å². The fourth-order valence-electron chi connectivity index (χ4n) is 2.05. The summed E-state index contributed by atoms with van der Waals surface area (Å²) in [7, 11) is 1.66. The van der Waals surface area contributed by atoms with Crippen molar-refractivity contribution in [1.82, 2.24) is 10.6 Å². The number of carbonyl (C=O) groups is 1. The Bertz CT molecular complexity index is 170. The van der Waals surface area contributed by atoms with E-state index in [2.05, 4.69) is 17.6 Å². The Morgan fingerprint density at radius 3 is 2.85 bits per heavy atom. The van der Waals surface area contributed by atoms with E-state index in [-0.39, 0.29) is 6.03 Å². The highest BCUT2D eigenvalue weighted by molar-refractivity contribution is 5.73. The maximum Gasteiger partial charge on any atom is 0.314 e. The van der Waals surface area contributed by atoms with Gasteiger partial charge in [-0.1, -0.05) is 26.2 Å². The first-order chi connectivity index (χ1) is 6.26. The summed E-state index contributed by atoms with van der Waals surface area (Å²) in [5.41, 5.74) is 0. The third-order valence-electron chi connectivity index (χ3n) is 2.92. The summed E-state index contributed by atoms with van der Waals surface area (Å²) in [6.45, 7) is 2.23. The van der Waals surface area contributed by atoms with E-state index in [0.29, 0.717) is 6.04 Å². The second-order valence-electron chi connectivity index (χ2n) is 3.86. The number of nitrogens with one attached hydrogen (secondary N) is 2. The third-order valence-corrected chi connectivity index (χ3v) is 2.92. The molecule has 76 valence electrons. The minimum absolute atomic E-state index is 0.0400. The highest BCUT2D eigenvalue weighted by Crippen LogP contribution is 2.26. The zero-order valence-corrected chi connectivity index (χ0v) is 8.60. The van der Waals surface area contributed by atoms with Crippen molar-refractivity contribution in [3.63, 3.8) is 0 Å². The lowest BCUT2D eigenvalue weighted by molar-refractivity contribution is 0.226. The van der Waals surface area contributed by atoms with E-state index >= 15 is 0 Å². The normalized spacial score (nSPS) is 28.2. The van der Waals surface area contributed by atoms with Crippen molar-refractivity contribution >= 4 is 6.03 Å². The average Bonchev–Trinajstić information content (AvgIpc) is 2.18. The number of hydrogen-bond acceptors (Lipinski definition) is 1. The Morgan fingerprint density at radius 2 is 2.23 bits per heavy atom. The van der Waals surface area contributed by atoms with Gasteiger partial charge in [-0.25, -0.2) is 4.79 Å². The molecular weight excluding hydrogens is 164 g/mol. The minimum Gasteiger partial charge on any atom is -0.341 e. The molecule has 0 bridgehead atoms. The standard InChI is InChI=1S/C10H20N2O/c1-3-8-5-4-6-9(7-8)12-10(13)11-2/h8-9H,3-7H2,1-2H3,(H2,11,12,13)/t8-,9+/m0/s1. The SMILES string of the molecule is CC[C@H]1CCC[C@@H](NC(=O)NC)C1. The summed E-state index contributed by atoms with van der Waals surface area (Å²) in [6, 6.07) is 0.361. The lowest BCUT2D eigenvalue weighted by atomic mass is 9.84. The van der Waals surface area contributed by atoms with Crippen molar-refractivity contribution in [2.75, 3.05) is 7.05 Å². The molecule has 0 aromatic rings. The summed E-state index contributed by atoms with van der Waals surface area (Å²) in [5.74, 6) is 0.816. The summed E-state index contributed by atoms with van der Waals surface area (Å²) in [5, 5.41) is 5.58. The van der Waals surface area contributed by atoms with E-state index in [0.717, 1.165) is 18.8 Å². The average molecular weight is 184 g/mol. The Kier molecular flexibility index (Phi) is 4.06. The number of hydrogen-bond donors (Lipinski definition) is 2. The van der Waals surface area contributed by atoms with Crippen LogP contribution in [0.15, 0.2) is 0 Å². The minimum atomic E-state index is -0.0400. The second-order valence-corrected chi connectivity index (χ2v) is 3.86. The molecule has 0 aromatic carbocycles. The van der Waals surface area contributed by atoms with E-state index in [1.807, 2.05) is 0 Å². The molecule has 2 atom stereocenters. The van der Waals surface area contributed by atoms with Gasteiger partial charge in [0.1, 0.15) is 0 Å². The van der Waals surface area contributed by atoms with Crippen LogP contribution in [0, 0.1) is 5.92 Å². The van der Waals surface area contributed by atoms with Crippen LogP contribution in [0.2, 0.25) is 0 Å². The number of rotatable bonds is 2. The van der Waals surface area contributed by atoms with Crippen molar-refractivity contribution in [3.05, 3.63) is 0 Å². The van der Waals surface area contributed by atoms with Gasteiger partial charge in [0.05, 0.1) is 0 Å². The fraction of sp³-hybridized carbons (Fsp3) is 0.900. The molecule has 1 aliphatic rings. The smallest absolute Gasteiger partial charge is 0.314 e. The first-order valence-corrected chi connectivity index (χ1v) is 5.24. The molecule has 1 fully saturated rings. The van der Waals surface area contributed by atoms with Gasteiger partial charge in [0.15, 0.2) is 0 Å². The molecule has 13 heavy (non-hydrogen) atoms. The fourth-order valence-corrected chi connectivity index (χ4v) is 2.05. The van der Waals surface area contributed by atoms with Crippen molar-refractivity contribution in [2.45, 2.75) is 45.1 Å². The molecule has 1 saturated carbocycles. The van der Waals surface area contributed by atoms with E-state index < -0.39 is 0 Å². The van der Waals surface area contributed by atoms with Crippen LogP contribution in [0.4, 0.5) is 4.79 Å². The van der Waals surface area contributed by atoms with Gasteiger partial charge in [-0.15, -0.1) is 0 Å². The maximum absolute atomic E-state index is 11.1. The van der Waals surface area contributed by atoms with E-state index in [1.165, 1.54) is 19.3 Å². The Labute approximate surface area is 80.3 Å². The zero-order chi connectivity index (χ0) is 9.68. The predicted molar refractivity (Wildman–Crippen MR) is 53.6 cm³/mol. The first kappa shape index (κ1) is 10.4. The van der Waals surface area contributed by atoms with Crippen LogP contribution in [0.5, 0.6) is 0 Å². The van der Waals surface area contributed by atoms with Gasteiger partial charge in [0.25, 0.3) is 0 Å². The summed E-state index contributed by atoms with van der Waals surface area (Å²) in [4.78, 5) is 11.1. The van der Waals surface area contributed by atoms with Gasteiger partial charge in [0, 0.05) is 13.1 Å². The van der Waals surface area contributed by atoms with E-state index in [1.54, 1.807) is 7.05 Å².